The van der Waals surface area contributed by atoms with Gasteiger partial charge in [0.15, 0.2) is 0 Å². The van der Waals surface area contributed by atoms with Crippen LogP contribution in [0.2, 0.25) is 0 Å². The van der Waals surface area contributed by atoms with E-state index in [1.807, 2.05) is 17.4 Å². The second-order valence-electron chi connectivity index (χ2n) is 5.15. The van der Waals surface area contributed by atoms with Crippen molar-refractivity contribution in [3.8, 4) is 5.75 Å². The van der Waals surface area contributed by atoms with Crippen molar-refractivity contribution >= 4 is 27.3 Å². The molecule has 1 heterocycles. The first-order chi connectivity index (χ1) is 10.2. The highest BCUT2D eigenvalue weighted by atomic mass is 79.9. The summed E-state index contributed by atoms with van der Waals surface area (Å²) in [5, 5.41) is 5.85. The van der Waals surface area contributed by atoms with E-state index in [2.05, 4.69) is 58.7 Å². The van der Waals surface area contributed by atoms with E-state index in [-0.39, 0.29) is 0 Å². The zero-order valence-electron chi connectivity index (χ0n) is 12.8. The SMILES string of the molecule is CCCNC(Cc1ccc(OC)c(Br)c1)c1sccc1C. The molecular weight excluding hydrogens is 346 g/mol. The van der Waals surface area contributed by atoms with E-state index in [0.717, 1.165) is 29.6 Å². The van der Waals surface area contributed by atoms with Gasteiger partial charge in [-0.2, -0.15) is 0 Å². The summed E-state index contributed by atoms with van der Waals surface area (Å²) in [5.41, 5.74) is 2.69. The monoisotopic (exact) mass is 367 g/mol. The predicted octanol–water partition coefficient (Wildman–Crippen LogP) is 5.11. The molecule has 2 aromatic rings. The Labute approximate surface area is 139 Å². The van der Waals surface area contributed by atoms with Crippen LogP contribution in [0.15, 0.2) is 34.1 Å². The van der Waals surface area contributed by atoms with Crippen molar-refractivity contribution in [1.29, 1.82) is 0 Å². The molecular formula is C17H22BrNOS. The van der Waals surface area contributed by atoms with Crippen LogP contribution >= 0.6 is 27.3 Å². The summed E-state index contributed by atoms with van der Waals surface area (Å²) in [5.74, 6) is 0.879. The van der Waals surface area contributed by atoms with Gasteiger partial charge in [0, 0.05) is 10.9 Å². The van der Waals surface area contributed by atoms with Gasteiger partial charge in [0.2, 0.25) is 0 Å². The average molecular weight is 368 g/mol. The standard InChI is InChI=1S/C17H22BrNOS/c1-4-8-19-15(17-12(2)7-9-21-17)11-13-5-6-16(20-3)14(18)10-13/h5-7,9-10,15,19H,4,8,11H2,1-3H3. The summed E-state index contributed by atoms with van der Waals surface area (Å²) in [7, 11) is 1.69. The van der Waals surface area contributed by atoms with Crippen molar-refractivity contribution in [2.24, 2.45) is 0 Å². The summed E-state index contributed by atoms with van der Waals surface area (Å²) >= 11 is 5.41. The van der Waals surface area contributed by atoms with E-state index in [1.54, 1.807) is 7.11 Å². The maximum Gasteiger partial charge on any atom is 0.133 e. The van der Waals surface area contributed by atoms with E-state index in [4.69, 9.17) is 4.74 Å². The summed E-state index contributed by atoms with van der Waals surface area (Å²) in [4.78, 5) is 1.44. The van der Waals surface area contributed by atoms with Gasteiger partial charge in [-0.25, -0.2) is 0 Å². The van der Waals surface area contributed by atoms with Crippen LogP contribution in [-0.2, 0) is 6.42 Å². The Hall–Kier alpha value is -0.840. The van der Waals surface area contributed by atoms with Crippen LogP contribution < -0.4 is 10.1 Å². The third-order valence-corrected chi connectivity index (χ3v) is 5.27. The molecule has 0 aliphatic rings. The molecule has 0 aliphatic heterocycles. The van der Waals surface area contributed by atoms with E-state index in [0.29, 0.717) is 6.04 Å². The van der Waals surface area contributed by atoms with Gasteiger partial charge in [-0.1, -0.05) is 13.0 Å². The number of thiophene rings is 1. The van der Waals surface area contributed by atoms with Crippen LogP contribution in [0.5, 0.6) is 5.75 Å². The van der Waals surface area contributed by atoms with E-state index in [9.17, 15) is 0 Å². The van der Waals surface area contributed by atoms with Gasteiger partial charge in [-0.3, -0.25) is 0 Å². The number of hydrogen-bond donors (Lipinski definition) is 1. The lowest BCUT2D eigenvalue weighted by Gasteiger charge is -2.19. The van der Waals surface area contributed by atoms with Gasteiger partial charge in [-0.05, 0) is 76.9 Å². The van der Waals surface area contributed by atoms with E-state index < -0.39 is 0 Å². The van der Waals surface area contributed by atoms with Crippen LogP contribution in [0.4, 0.5) is 0 Å². The normalized spacial score (nSPS) is 12.4. The first-order valence-corrected chi connectivity index (χ1v) is 8.92. The lowest BCUT2D eigenvalue weighted by Crippen LogP contribution is -2.23. The zero-order valence-corrected chi connectivity index (χ0v) is 15.2. The number of aryl methyl sites for hydroxylation is 1. The molecule has 0 aliphatic carbocycles. The second kappa shape index (κ2) is 7.97. The minimum Gasteiger partial charge on any atom is -0.496 e. The fourth-order valence-corrected chi connectivity index (χ4v) is 3.98. The lowest BCUT2D eigenvalue weighted by atomic mass is 10.0. The molecule has 0 spiro atoms. The number of benzene rings is 1. The third-order valence-electron chi connectivity index (χ3n) is 3.51. The summed E-state index contributed by atoms with van der Waals surface area (Å²) < 4.78 is 6.31. The summed E-state index contributed by atoms with van der Waals surface area (Å²) in [6.07, 6.45) is 2.14. The quantitative estimate of drug-likeness (QED) is 0.733. The van der Waals surface area contributed by atoms with Crippen LogP contribution in [0, 0.1) is 6.92 Å². The van der Waals surface area contributed by atoms with Gasteiger partial charge in [0.1, 0.15) is 5.75 Å². The lowest BCUT2D eigenvalue weighted by molar-refractivity contribution is 0.412. The number of methoxy groups -OCH3 is 1. The van der Waals surface area contributed by atoms with Crippen LogP contribution in [0.3, 0.4) is 0 Å². The van der Waals surface area contributed by atoms with Gasteiger partial charge in [-0.15, -0.1) is 11.3 Å². The molecule has 0 radical (unpaired) electrons. The molecule has 1 aromatic heterocycles. The first-order valence-electron chi connectivity index (χ1n) is 7.25. The number of rotatable bonds is 7. The molecule has 0 bridgehead atoms. The molecule has 114 valence electrons. The third kappa shape index (κ3) is 4.31. The van der Waals surface area contributed by atoms with Gasteiger partial charge in [0.05, 0.1) is 11.6 Å². The Morgan fingerprint density at radius 2 is 2.14 bits per heavy atom. The van der Waals surface area contributed by atoms with Crippen molar-refractivity contribution < 1.29 is 4.74 Å². The predicted molar refractivity (Wildman–Crippen MR) is 94.5 cm³/mol. The van der Waals surface area contributed by atoms with Crippen molar-refractivity contribution in [3.05, 3.63) is 50.1 Å². The van der Waals surface area contributed by atoms with E-state index >= 15 is 0 Å². The number of halogens is 1. The Balaban J connectivity index is 2.18. The minimum atomic E-state index is 0.380. The molecule has 0 fully saturated rings. The molecule has 0 saturated carbocycles. The highest BCUT2D eigenvalue weighted by molar-refractivity contribution is 9.10. The average Bonchev–Trinajstić information content (AvgIpc) is 2.90. The first kappa shape index (κ1) is 16.5. The topological polar surface area (TPSA) is 21.3 Å². The van der Waals surface area contributed by atoms with Crippen LogP contribution in [-0.4, -0.2) is 13.7 Å². The molecule has 1 unspecified atom stereocenters. The van der Waals surface area contributed by atoms with Gasteiger partial charge in [0.25, 0.3) is 0 Å². The summed E-state index contributed by atoms with van der Waals surface area (Å²) in [6, 6.07) is 8.91. The largest absolute Gasteiger partial charge is 0.496 e. The Morgan fingerprint density at radius 3 is 2.71 bits per heavy atom. The van der Waals surface area contributed by atoms with Crippen molar-refractivity contribution in [2.75, 3.05) is 13.7 Å². The molecule has 0 saturated heterocycles. The fraction of sp³-hybridized carbons (Fsp3) is 0.412. The second-order valence-corrected chi connectivity index (χ2v) is 6.95. The zero-order chi connectivity index (χ0) is 15.2. The molecule has 2 nitrogen and oxygen atoms in total. The van der Waals surface area contributed by atoms with Gasteiger partial charge >= 0.3 is 0 Å². The van der Waals surface area contributed by atoms with Gasteiger partial charge < -0.3 is 10.1 Å². The number of nitrogens with one attached hydrogen (secondary N) is 1. The fourth-order valence-electron chi connectivity index (χ4n) is 2.39. The van der Waals surface area contributed by atoms with E-state index in [1.165, 1.54) is 16.0 Å². The smallest absolute Gasteiger partial charge is 0.133 e. The maximum atomic E-state index is 5.30. The molecule has 1 atom stereocenters. The molecule has 1 N–H and O–H groups in total. The maximum absolute atomic E-state index is 5.30. The van der Waals surface area contributed by atoms with Crippen molar-refractivity contribution in [2.45, 2.75) is 32.7 Å². The van der Waals surface area contributed by atoms with Crippen molar-refractivity contribution in [3.63, 3.8) is 0 Å². The number of ether oxygens (including phenoxy) is 1. The molecule has 0 amide bonds. The molecule has 21 heavy (non-hydrogen) atoms. The Bertz CT molecular complexity index is 582. The molecule has 4 heteroatoms. The highest BCUT2D eigenvalue weighted by Gasteiger charge is 2.15. The van der Waals surface area contributed by atoms with Crippen LogP contribution in [0.1, 0.15) is 35.4 Å². The molecule has 2 rings (SSSR count). The van der Waals surface area contributed by atoms with Crippen molar-refractivity contribution in [1.82, 2.24) is 5.32 Å². The number of hydrogen-bond acceptors (Lipinski definition) is 3. The molecule has 1 aromatic carbocycles. The highest BCUT2D eigenvalue weighted by Crippen LogP contribution is 2.30. The van der Waals surface area contributed by atoms with Crippen LogP contribution in [0.25, 0.3) is 0 Å². The Morgan fingerprint density at radius 1 is 1.33 bits per heavy atom. The minimum absolute atomic E-state index is 0.380. The Kier molecular flexibility index (Phi) is 6.27. The summed E-state index contributed by atoms with van der Waals surface area (Å²) in [6.45, 7) is 5.44.